The number of carbonyl (C=O) groups excluding carboxylic acids is 1. The monoisotopic (exact) mass is 355 g/mol. The van der Waals surface area contributed by atoms with Crippen molar-refractivity contribution in [2.75, 3.05) is 18.0 Å². The number of pyridine rings is 1. The Labute approximate surface area is 141 Å². The fourth-order valence-corrected chi connectivity index (χ4v) is 2.65. The molecule has 1 saturated heterocycles. The molecule has 1 amide bonds. The molecule has 10 heteroatoms. The summed E-state index contributed by atoms with van der Waals surface area (Å²) in [5, 5.41) is 6.43. The van der Waals surface area contributed by atoms with Crippen LogP contribution in [-0.4, -0.2) is 34.1 Å². The molecule has 3 rings (SSSR count). The van der Waals surface area contributed by atoms with Gasteiger partial charge in [-0.25, -0.2) is 4.98 Å². The highest BCUT2D eigenvalue weighted by atomic mass is 19.4. The van der Waals surface area contributed by atoms with Gasteiger partial charge in [-0.05, 0) is 18.6 Å². The lowest BCUT2D eigenvalue weighted by atomic mass is 10.1. The van der Waals surface area contributed by atoms with Gasteiger partial charge in [0.05, 0.1) is 18.0 Å². The molecule has 25 heavy (non-hydrogen) atoms. The zero-order chi connectivity index (χ0) is 18.0. The van der Waals surface area contributed by atoms with Gasteiger partial charge in [-0.2, -0.15) is 18.2 Å². The molecular weight excluding hydrogens is 339 g/mol. The Hall–Kier alpha value is -2.65. The van der Waals surface area contributed by atoms with Crippen molar-refractivity contribution in [3.05, 3.63) is 35.6 Å². The fourth-order valence-electron chi connectivity index (χ4n) is 2.65. The summed E-state index contributed by atoms with van der Waals surface area (Å²) in [6.07, 6.45) is -3.01. The maximum Gasteiger partial charge on any atom is 0.417 e. The molecule has 0 spiro atoms. The van der Waals surface area contributed by atoms with Crippen LogP contribution in [0.1, 0.15) is 23.7 Å². The average Bonchev–Trinajstić information content (AvgIpc) is 3.21. The summed E-state index contributed by atoms with van der Waals surface area (Å²) in [5.41, 5.74) is -0.792. The molecule has 0 saturated carbocycles. The molecule has 1 aliphatic rings. The van der Waals surface area contributed by atoms with Crippen molar-refractivity contribution < 1.29 is 22.5 Å². The van der Waals surface area contributed by atoms with Gasteiger partial charge in [-0.15, -0.1) is 0 Å². The third-order valence-electron chi connectivity index (χ3n) is 3.95. The number of nitrogens with one attached hydrogen (secondary N) is 1. The van der Waals surface area contributed by atoms with Crippen molar-refractivity contribution in [3.63, 3.8) is 0 Å². The summed E-state index contributed by atoms with van der Waals surface area (Å²) in [6.45, 7) is 2.78. The molecule has 1 N–H and O–H groups in total. The molecule has 2 aromatic rings. The second-order valence-corrected chi connectivity index (χ2v) is 5.78. The number of halogens is 3. The van der Waals surface area contributed by atoms with E-state index in [-0.39, 0.29) is 18.4 Å². The third-order valence-corrected chi connectivity index (χ3v) is 3.95. The van der Waals surface area contributed by atoms with Crippen LogP contribution in [0, 0.1) is 12.8 Å². The first-order chi connectivity index (χ1) is 11.8. The zero-order valence-corrected chi connectivity index (χ0v) is 13.4. The SMILES string of the molecule is Cc1nc(CNC(=O)[C@H]2CCN(c3ccc(C(F)(F)F)cn3)C2)no1. The van der Waals surface area contributed by atoms with Gasteiger partial charge in [0.1, 0.15) is 5.82 Å². The highest BCUT2D eigenvalue weighted by molar-refractivity contribution is 5.79. The number of carbonyl (C=O) groups is 1. The Morgan fingerprint density at radius 3 is 2.84 bits per heavy atom. The van der Waals surface area contributed by atoms with Crippen molar-refractivity contribution in [1.29, 1.82) is 0 Å². The highest BCUT2D eigenvalue weighted by Crippen LogP contribution is 2.30. The number of hydrogen-bond acceptors (Lipinski definition) is 6. The van der Waals surface area contributed by atoms with E-state index >= 15 is 0 Å². The van der Waals surface area contributed by atoms with E-state index in [1.165, 1.54) is 6.07 Å². The largest absolute Gasteiger partial charge is 0.417 e. The fraction of sp³-hybridized carbons (Fsp3) is 0.467. The summed E-state index contributed by atoms with van der Waals surface area (Å²) in [5.74, 6) is 0.820. The molecule has 0 radical (unpaired) electrons. The molecule has 0 unspecified atom stereocenters. The second kappa shape index (κ2) is 6.69. The minimum Gasteiger partial charge on any atom is -0.356 e. The quantitative estimate of drug-likeness (QED) is 0.902. The first kappa shape index (κ1) is 17.2. The number of aryl methyl sites for hydroxylation is 1. The van der Waals surface area contributed by atoms with Crippen molar-refractivity contribution in [2.24, 2.45) is 5.92 Å². The van der Waals surface area contributed by atoms with Crippen LogP contribution in [0.3, 0.4) is 0 Å². The van der Waals surface area contributed by atoms with E-state index in [1.807, 2.05) is 0 Å². The Bertz CT molecular complexity index is 744. The third kappa shape index (κ3) is 4.06. The molecule has 2 aromatic heterocycles. The molecule has 1 aliphatic heterocycles. The van der Waals surface area contributed by atoms with Gasteiger partial charge < -0.3 is 14.7 Å². The van der Waals surface area contributed by atoms with Crippen LogP contribution in [0.15, 0.2) is 22.9 Å². The van der Waals surface area contributed by atoms with E-state index in [2.05, 4.69) is 20.4 Å². The van der Waals surface area contributed by atoms with Crippen LogP contribution in [-0.2, 0) is 17.5 Å². The standard InChI is InChI=1S/C15H16F3N5O2/c1-9-21-12(22-25-9)7-20-14(24)10-4-5-23(8-10)13-3-2-11(6-19-13)15(16,17)18/h2-3,6,10H,4-5,7-8H2,1H3,(H,20,24)/t10-/m0/s1. The van der Waals surface area contributed by atoms with E-state index < -0.39 is 11.7 Å². The second-order valence-electron chi connectivity index (χ2n) is 5.78. The van der Waals surface area contributed by atoms with Crippen molar-refractivity contribution in [1.82, 2.24) is 20.4 Å². The lowest BCUT2D eigenvalue weighted by molar-refractivity contribution is -0.137. The van der Waals surface area contributed by atoms with Crippen molar-refractivity contribution >= 4 is 11.7 Å². The van der Waals surface area contributed by atoms with Gasteiger partial charge in [0.15, 0.2) is 5.82 Å². The Balaban J connectivity index is 1.55. The van der Waals surface area contributed by atoms with Crippen LogP contribution in [0.2, 0.25) is 0 Å². The van der Waals surface area contributed by atoms with Crippen LogP contribution in [0.25, 0.3) is 0 Å². The first-order valence-electron chi connectivity index (χ1n) is 7.68. The molecule has 1 fully saturated rings. The molecular formula is C15H16F3N5O2. The van der Waals surface area contributed by atoms with E-state index in [1.54, 1.807) is 11.8 Å². The highest BCUT2D eigenvalue weighted by Gasteiger charge is 2.32. The van der Waals surface area contributed by atoms with Crippen molar-refractivity contribution in [3.8, 4) is 0 Å². The molecule has 134 valence electrons. The molecule has 0 bridgehead atoms. The van der Waals surface area contributed by atoms with E-state index in [9.17, 15) is 18.0 Å². The minimum atomic E-state index is -4.41. The molecule has 1 atom stereocenters. The van der Waals surface area contributed by atoms with Gasteiger partial charge in [-0.3, -0.25) is 4.79 Å². The first-order valence-corrected chi connectivity index (χ1v) is 7.68. The Morgan fingerprint density at radius 2 is 2.24 bits per heavy atom. The number of rotatable bonds is 4. The van der Waals surface area contributed by atoms with Gasteiger partial charge in [0, 0.05) is 26.2 Å². The van der Waals surface area contributed by atoms with E-state index in [4.69, 9.17) is 4.52 Å². The maximum atomic E-state index is 12.6. The Morgan fingerprint density at radius 1 is 1.44 bits per heavy atom. The van der Waals surface area contributed by atoms with Gasteiger partial charge in [-0.1, -0.05) is 5.16 Å². The summed E-state index contributed by atoms with van der Waals surface area (Å²) < 4.78 is 42.5. The van der Waals surface area contributed by atoms with Gasteiger partial charge >= 0.3 is 6.18 Å². The number of amides is 1. The smallest absolute Gasteiger partial charge is 0.356 e. The van der Waals surface area contributed by atoms with Gasteiger partial charge in [0.25, 0.3) is 0 Å². The molecule has 0 aliphatic carbocycles. The lowest BCUT2D eigenvalue weighted by Crippen LogP contribution is -2.32. The predicted molar refractivity (Wildman–Crippen MR) is 80.4 cm³/mol. The number of nitrogens with zero attached hydrogens (tertiary/aromatic N) is 4. The van der Waals surface area contributed by atoms with Gasteiger partial charge in [0.2, 0.25) is 11.8 Å². The van der Waals surface area contributed by atoms with Crippen LogP contribution in [0.4, 0.5) is 19.0 Å². The van der Waals surface area contributed by atoms with Crippen LogP contribution >= 0.6 is 0 Å². The predicted octanol–water partition coefficient (Wildman–Crippen LogP) is 1.93. The maximum absolute atomic E-state index is 12.6. The number of hydrogen-bond donors (Lipinski definition) is 1. The number of anilines is 1. The number of alkyl halides is 3. The minimum absolute atomic E-state index is 0.156. The molecule has 7 nitrogen and oxygen atoms in total. The zero-order valence-electron chi connectivity index (χ0n) is 13.4. The summed E-state index contributed by atoms with van der Waals surface area (Å²) in [7, 11) is 0. The van der Waals surface area contributed by atoms with Crippen LogP contribution < -0.4 is 10.2 Å². The van der Waals surface area contributed by atoms with Crippen molar-refractivity contribution in [2.45, 2.75) is 26.1 Å². The summed E-state index contributed by atoms with van der Waals surface area (Å²) in [4.78, 5) is 21.8. The molecule has 0 aromatic carbocycles. The number of aromatic nitrogens is 3. The lowest BCUT2D eigenvalue weighted by Gasteiger charge is -2.18. The summed E-state index contributed by atoms with van der Waals surface area (Å²) in [6, 6.07) is 2.32. The van der Waals surface area contributed by atoms with E-state index in [0.29, 0.717) is 37.0 Å². The Kier molecular flexibility index (Phi) is 4.60. The summed E-state index contributed by atoms with van der Waals surface area (Å²) >= 11 is 0. The average molecular weight is 355 g/mol. The normalized spacial score (nSPS) is 17.8. The topological polar surface area (TPSA) is 84.2 Å². The molecule has 3 heterocycles. The van der Waals surface area contributed by atoms with Crippen LogP contribution in [0.5, 0.6) is 0 Å². The van der Waals surface area contributed by atoms with E-state index in [0.717, 1.165) is 12.3 Å².